The van der Waals surface area contributed by atoms with Crippen molar-refractivity contribution in [3.63, 3.8) is 0 Å². The molecule has 0 aromatic heterocycles. The fourth-order valence-electron chi connectivity index (χ4n) is 5.79. The van der Waals surface area contributed by atoms with Crippen LogP contribution in [0, 0.1) is 11.8 Å². The van der Waals surface area contributed by atoms with Crippen LogP contribution in [0.4, 0.5) is 0 Å². The normalized spacial score (nSPS) is 21.6. The van der Waals surface area contributed by atoms with Crippen molar-refractivity contribution in [1.29, 1.82) is 0 Å². The lowest BCUT2D eigenvalue weighted by molar-refractivity contribution is -0.154. The van der Waals surface area contributed by atoms with E-state index in [0.717, 1.165) is 12.1 Å². The third-order valence-corrected chi connectivity index (χ3v) is 7.41. The summed E-state index contributed by atoms with van der Waals surface area (Å²) in [6.45, 7) is 0. The van der Waals surface area contributed by atoms with Crippen LogP contribution in [0.15, 0.2) is 72.8 Å². The number of aromatic hydroxyl groups is 6. The summed E-state index contributed by atoms with van der Waals surface area (Å²) in [5.74, 6) is -8.18. The van der Waals surface area contributed by atoms with Crippen molar-refractivity contribution in [2.24, 2.45) is 11.8 Å². The van der Waals surface area contributed by atoms with E-state index >= 15 is 0 Å². The lowest BCUT2D eigenvalue weighted by Crippen LogP contribution is -2.46. The van der Waals surface area contributed by atoms with E-state index in [9.17, 15) is 40.2 Å². The molecule has 2 aliphatic rings. The number of carbonyl (C=O) groups excluding carboxylic acids is 2. The molecule has 202 valence electrons. The Morgan fingerprint density at radius 3 is 1.18 bits per heavy atom. The van der Waals surface area contributed by atoms with Gasteiger partial charge in [0.2, 0.25) is 0 Å². The molecule has 4 aromatic rings. The van der Waals surface area contributed by atoms with Crippen LogP contribution in [0.2, 0.25) is 0 Å². The molecule has 10 heteroatoms. The number of benzene rings is 4. The first-order chi connectivity index (χ1) is 19.1. The average Bonchev–Trinajstić information content (AvgIpc) is 2.88. The maximum Gasteiger partial charge on any atom is 0.316 e. The predicted octanol–water partition coefficient (Wildman–Crippen LogP) is 3.95. The molecule has 0 unspecified atom stereocenters. The van der Waals surface area contributed by atoms with E-state index in [4.69, 9.17) is 9.47 Å². The first-order valence-corrected chi connectivity index (χ1v) is 12.3. The summed E-state index contributed by atoms with van der Waals surface area (Å²) in [5, 5.41) is 61.8. The zero-order valence-electron chi connectivity index (χ0n) is 20.6. The fraction of sp³-hybridized carbons (Fsp3) is 0.133. The molecule has 0 saturated carbocycles. The van der Waals surface area contributed by atoms with Crippen molar-refractivity contribution in [2.75, 3.05) is 0 Å². The summed E-state index contributed by atoms with van der Waals surface area (Å²) < 4.78 is 11.1. The number of phenols is 6. The average molecular weight is 542 g/mol. The molecule has 4 aromatic carbocycles. The summed E-state index contributed by atoms with van der Waals surface area (Å²) in [4.78, 5) is 27.5. The predicted molar refractivity (Wildman–Crippen MR) is 138 cm³/mol. The van der Waals surface area contributed by atoms with Crippen LogP contribution in [-0.4, -0.2) is 42.6 Å². The van der Waals surface area contributed by atoms with Gasteiger partial charge in [-0.1, -0.05) is 24.3 Å². The maximum atomic E-state index is 13.8. The molecular formula is C30H22O10. The zero-order valence-corrected chi connectivity index (χ0v) is 20.6. The smallest absolute Gasteiger partial charge is 0.316 e. The molecule has 6 rings (SSSR count). The second kappa shape index (κ2) is 9.12. The van der Waals surface area contributed by atoms with Crippen LogP contribution in [0.5, 0.6) is 46.0 Å². The molecule has 2 aliphatic heterocycles. The lowest BCUT2D eigenvalue weighted by Gasteiger charge is -2.41. The van der Waals surface area contributed by atoms with Gasteiger partial charge in [-0.15, -0.1) is 0 Å². The Hall–Kier alpha value is -5.38. The van der Waals surface area contributed by atoms with Crippen molar-refractivity contribution in [3.05, 3.63) is 95.1 Å². The lowest BCUT2D eigenvalue weighted by atomic mass is 9.65. The van der Waals surface area contributed by atoms with Crippen LogP contribution in [0.25, 0.3) is 0 Å². The molecule has 2 heterocycles. The Bertz CT molecular complexity index is 1530. The van der Waals surface area contributed by atoms with Gasteiger partial charge in [0.05, 0.1) is 11.8 Å². The minimum absolute atomic E-state index is 0.0495. The third-order valence-electron chi connectivity index (χ3n) is 7.41. The van der Waals surface area contributed by atoms with Gasteiger partial charge in [0, 0.05) is 47.2 Å². The van der Waals surface area contributed by atoms with Gasteiger partial charge in [-0.25, -0.2) is 0 Å². The molecular weight excluding hydrogens is 520 g/mol. The van der Waals surface area contributed by atoms with Crippen molar-refractivity contribution in [2.45, 2.75) is 11.8 Å². The highest BCUT2D eigenvalue weighted by molar-refractivity contribution is 5.91. The summed E-state index contributed by atoms with van der Waals surface area (Å²) in [6, 6.07) is 16.2. The molecule has 10 nitrogen and oxygen atoms in total. The monoisotopic (exact) mass is 542 g/mol. The molecule has 0 saturated heterocycles. The maximum absolute atomic E-state index is 13.8. The summed E-state index contributed by atoms with van der Waals surface area (Å²) in [5.41, 5.74) is 1.15. The third kappa shape index (κ3) is 3.97. The van der Waals surface area contributed by atoms with Crippen molar-refractivity contribution in [1.82, 2.24) is 0 Å². The highest BCUT2D eigenvalue weighted by Crippen LogP contribution is 2.57. The second-order valence-electron chi connectivity index (χ2n) is 9.79. The molecule has 6 N–H and O–H groups in total. The van der Waals surface area contributed by atoms with Gasteiger partial charge >= 0.3 is 11.9 Å². The highest BCUT2D eigenvalue weighted by atomic mass is 16.5. The molecule has 4 atom stereocenters. The molecule has 0 fully saturated rings. The van der Waals surface area contributed by atoms with Crippen LogP contribution < -0.4 is 9.47 Å². The Morgan fingerprint density at radius 1 is 0.475 bits per heavy atom. The van der Waals surface area contributed by atoms with Crippen LogP contribution in [0.1, 0.15) is 34.1 Å². The Balaban J connectivity index is 1.62. The number of hydrogen-bond acceptors (Lipinski definition) is 10. The summed E-state index contributed by atoms with van der Waals surface area (Å²) in [7, 11) is 0. The van der Waals surface area contributed by atoms with E-state index in [1.165, 1.54) is 60.7 Å². The number of hydrogen-bond donors (Lipinski definition) is 6. The van der Waals surface area contributed by atoms with Gasteiger partial charge < -0.3 is 40.1 Å². The van der Waals surface area contributed by atoms with E-state index in [1.807, 2.05) is 0 Å². The van der Waals surface area contributed by atoms with E-state index in [1.54, 1.807) is 0 Å². The fourth-order valence-corrected chi connectivity index (χ4v) is 5.79. The van der Waals surface area contributed by atoms with E-state index in [-0.39, 0.29) is 57.1 Å². The number of phenolic OH excluding ortho intramolecular Hbond substituents is 6. The number of rotatable bonds is 3. The number of carbonyl (C=O) groups is 2. The van der Waals surface area contributed by atoms with Gasteiger partial charge in [0.1, 0.15) is 46.0 Å². The summed E-state index contributed by atoms with van der Waals surface area (Å²) in [6.07, 6.45) is 0. The molecule has 0 radical (unpaired) electrons. The largest absolute Gasteiger partial charge is 0.508 e. The first kappa shape index (κ1) is 24.9. The molecule has 0 aliphatic carbocycles. The Morgan fingerprint density at radius 2 is 0.825 bits per heavy atom. The van der Waals surface area contributed by atoms with Crippen molar-refractivity contribution >= 4 is 11.9 Å². The quantitative estimate of drug-likeness (QED) is 0.164. The number of esters is 2. The van der Waals surface area contributed by atoms with E-state index < -0.39 is 35.6 Å². The Kier molecular flexibility index (Phi) is 5.69. The van der Waals surface area contributed by atoms with Gasteiger partial charge in [-0.2, -0.15) is 0 Å². The highest BCUT2D eigenvalue weighted by Gasteiger charge is 2.54. The molecule has 0 bridgehead atoms. The standard InChI is InChI=1S/C30H22O10/c31-15-5-1-13(2-6-15)23-25-19(35)9-17(33)11-21(25)39-29(37)27(23)28-24(14-3-7-16(32)8-4-14)26-20(36)10-18(34)12-22(26)40-30(28)38/h1-12,23-24,27-28,31-36H/t23-,24+,27-,28+. The zero-order chi connectivity index (χ0) is 28.3. The minimum atomic E-state index is -1.33. The van der Waals surface area contributed by atoms with Gasteiger partial charge in [-0.3, -0.25) is 9.59 Å². The SMILES string of the molecule is O=C1Oc2cc(O)cc(O)c2[C@@H](c2ccc(O)cc2)[C@@H]1[C@H]1C(=O)Oc2cc(O)cc(O)c2[C@@H]1c1ccc(O)cc1. The van der Waals surface area contributed by atoms with Crippen LogP contribution >= 0.6 is 0 Å². The van der Waals surface area contributed by atoms with Gasteiger partial charge in [0.15, 0.2) is 0 Å². The second-order valence-corrected chi connectivity index (χ2v) is 9.79. The van der Waals surface area contributed by atoms with Crippen LogP contribution in [0.3, 0.4) is 0 Å². The Labute approximate surface area is 226 Å². The molecule has 0 spiro atoms. The van der Waals surface area contributed by atoms with Crippen LogP contribution in [-0.2, 0) is 9.59 Å². The van der Waals surface area contributed by atoms with E-state index in [2.05, 4.69) is 0 Å². The number of ether oxygens (including phenoxy) is 2. The van der Waals surface area contributed by atoms with E-state index in [0.29, 0.717) is 11.1 Å². The van der Waals surface area contributed by atoms with Crippen molar-refractivity contribution < 1.29 is 49.7 Å². The number of fused-ring (bicyclic) bond motifs is 2. The minimum Gasteiger partial charge on any atom is -0.508 e. The first-order valence-electron chi connectivity index (χ1n) is 12.3. The topological polar surface area (TPSA) is 174 Å². The van der Waals surface area contributed by atoms with Gasteiger partial charge in [0.25, 0.3) is 0 Å². The summed E-state index contributed by atoms with van der Waals surface area (Å²) >= 11 is 0. The van der Waals surface area contributed by atoms with Gasteiger partial charge in [-0.05, 0) is 35.4 Å². The molecule has 40 heavy (non-hydrogen) atoms. The van der Waals surface area contributed by atoms with Crippen molar-refractivity contribution in [3.8, 4) is 46.0 Å². The molecule has 0 amide bonds.